The number of hydrogen-bond acceptors (Lipinski definition) is 4. The van der Waals surface area contributed by atoms with Gasteiger partial charge in [0.1, 0.15) is 7.11 Å². The van der Waals surface area contributed by atoms with Gasteiger partial charge in [-0.1, -0.05) is 19.0 Å². The minimum Gasteiger partial charge on any atom is -0.399 e. The van der Waals surface area contributed by atoms with Gasteiger partial charge in [-0.15, -0.1) is 0 Å². The summed E-state index contributed by atoms with van der Waals surface area (Å²) < 4.78 is 11.9. The molecule has 0 aromatic rings. The first kappa shape index (κ1) is 18.7. The third kappa shape index (κ3) is 2.58. The summed E-state index contributed by atoms with van der Waals surface area (Å²) >= 11 is 0. The molecule has 0 aromatic carbocycles. The van der Waals surface area contributed by atoms with Gasteiger partial charge in [-0.25, -0.2) is 0 Å². The Labute approximate surface area is 159 Å². The van der Waals surface area contributed by atoms with Crippen molar-refractivity contribution in [1.82, 2.24) is 0 Å². The highest BCUT2D eigenvalue weighted by molar-refractivity contribution is 5.92. The Morgan fingerprint density at radius 3 is 2.50 bits per heavy atom. The zero-order valence-electron chi connectivity index (χ0n) is 17.3. The molecule has 4 nitrogen and oxygen atoms in total. The fraction of sp³-hybridized carbons (Fsp3) is 0.955. The fourth-order valence-electron chi connectivity index (χ4n) is 7.80. The Morgan fingerprint density at radius 2 is 1.81 bits per heavy atom. The van der Waals surface area contributed by atoms with Crippen LogP contribution in [0, 0.1) is 34.5 Å². The Bertz CT molecular complexity index is 564. The quantitative estimate of drug-likeness (QED) is 0.684. The average Bonchev–Trinajstić information content (AvgIpc) is 2.97. The van der Waals surface area contributed by atoms with E-state index in [0.717, 1.165) is 30.6 Å². The van der Waals surface area contributed by atoms with Gasteiger partial charge in [-0.2, -0.15) is 0 Å². The standard InChI is InChI=1S/C22H37NO3/c1-21-11-10-15(24-3)12-14(21)6-7-16-17-8-9-19(23-26-5)22(17,2)13-18(25-4)20(16)21/h14-18,20H,6-13H2,1-5H3/b23-19+. The second-order valence-electron chi connectivity index (χ2n) is 9.86. The number of ether oxygens (including phenoxy) is 2. The molecule has 0 amide bonds. The number of hydrogen-bond donors (Lipinski definition) is 0. The third-order valence-electron chi connectivity index (χ3n) is 9.11. The van der Waals surface area contributed by atoms with Crippen LogP contribution in [-0.4, -0.2) is 39.2 Å². The molecule has 8 unspecified atom stereocenters. The average molecular weight is 364 g/mol. The van der Waals surface area contributed by atoms with E-state index in [0.29, 0.717) is 23.5 Å². The maximum absolute atomic E-state index is 6.20. The summed E-state index contributed by atoms with van der Waals surface area (Å²) in [5, 5.41) is 4.45. The van der Waals surface area contributed by atoms with Crippen LogP contribution >= 0.6 is 0 Å². The van der Waals surface area contributed by atoms with Crippen LogP contribution in [0.5, 0.6) is 0 Å². The van der Waals surface area contributed by atoms with Crippen LogP contribution in [-0.2, 0) is 14.3 Å². The summed E-state index contributed by atoms with van der Waals surface area (Å²) in [5.74, 6) is 2.98. The van der Waals surface area contributed by atoms with Crippen LogP contribution in [0.25, 0.3) is 0 Å². The van der Waals surface area contributed by atoms with Crippen molar-refractivity contribution in [2.24, 2.45) is 39.7 Å². The molecule has 0 bridgehead atoms. The van der Waals surface area contributed by atoms with Crippen LogP contribution in [0.4, 0.5) is 0 Å². The lowest BCUT2D eigenvalue weighted by Gasteiger charge is -2.62. The molecule has 4 fully saturated rings. The lowest BCUT2D eigenvalue weighted by Crippen LogP contribution is -2.59. The summed E-state index contributed by atoms with van der Waals surface area (Å²) in [6.07, 6.45) is 10.7. The molecule has 4 rings (SSSR count). The van der Waals surface area contributed by atoms with E-state index < -0.39 is 0 Å². The van der Waals surface area contributed by atoms with E-state index in [4.69, 9.17) is 14.3 Å². The Kier molecular flexibility index (Phi) is 4.88. The molecule has 0 spiro atoms. The molecule has 0 radical (unpaired) electrons. The van der Waals surface area contributed by atoms with Crippen molar-refractivity contribution in [3.8, 4) is 0 Å². The lowest BCUT2D eigenvalue weighted by molar-refractivity contribution is -0.174. The van der Waals surface area contributed by atoms with Gasteiger partial charge in [-0.05, 0) is 80.5 Å². The number of fused-ring (bicyclic) bond motifs is 5. The summed E-state index contributed by atoms with van der Waals surface area (Å²) in [4.78, 5) is 5.21. The summed E-state index contributed by atoms with van der Waals surface area (Å²) in [6, 6.07) is 0. The van der Waals surface area contributed by atoms with Gasteiger partial charge in [-0.3, -0.25) is 0 Å². The van der Waals surface area contributed by atoms with Crippen molar-refractivity contribution < 1.29 is 14.3 Å². The van der Waals surface area contributed by atoms with Gasteiger partial charge in [0, 0.05) is 19.6 Å². The monoisotopic (exact) mass is 363 g/mol. The molecule has 148 valence electrons. The highest BCUT2D eigenvalue weighted by Gasteiger charge is 2.63. The molecule has 0 heterocycles. The summed E-state index contributed by atoms with van der Waals surface area (Å²) in [7, 11) is 5.50. The number of nitrogens with zero attached hydrogens (tertiary/aromatic N) is 1. The van der Waals surface area contributed by atoms with Crippen LogP contribution in [0.1, 0.15) is 65.2 Å². The SMILES string of the molecule is CO/N=C1\CCC2C3CCC4CC(OC)CCC4(C)C3C(OC)CC12C. The predicted octanol–water partition coefficient (Wildman–Crippen LogP) is 4.67. The van der Waals surface area contributed by atoms with Gasteiger partial charge in [0.25, 0.3) is 0 Å². The third-order valence-corrected chi connectivity index (χ3v) is 9.11. The molecule has 4 heteroatoms. The first-order valence-corrected chi connectivity index (χ1v) is 10.6. The van der Waals surface area contributed by atoms with E-state index in [9.17, 15) is 0 Å². The highest BCUT2D eigenvalue weighted by Crippen LogP contribution is 2.66. The van der Waals surface area contributed by atoms with E-state index in [1.165, 1.54) is 44.2 Å². The number of rotatable bonds is 3. The van der Waals surface area contributed by atoms with Crippen LogP contribution < -0.4 is 0 Å². The van der Waals surface area contributed by atoms with Gasteiger partial charge in [0.05, 0.1) is 17.9 Å². The minimum atomic E-state index is 0.158. The molecule has 4 saturated carbocycles. The first-order chi connectivity index (χ1) is 12.5. The van der Waals surface area contributed by atoms with Crippen LogP contribution in [0.15, 0.2) is 5.16 Å². The Balaban J connectivity index is 1.67. The van der Waals surface area contributed by atoms with Crippen molar-refractivity contribution in [3.63, 3.8) is 0 Å². The van der Waals surface area contributed by atoms with Crippen molar-refractivity contribution in [3.05, 3.63) is 0 Å². The van der Waals surface area contributed by atoms with Gasteiger partial charge < -0.3 is 14.3 Å². The molecule has 0 saturated heterocycles. The van der Waals surface area contributed by atoms with Gasteiger partial charge >= 0.3 is 0 Å². The largest absolute Gasteiger partial charge is 0.399 e. The Hall–Kier alpha value is -0.610. The van der Waals surface area contributed by atoms with Gasteiger partial charge in [0.15, 0.2) is 0 Å². The lowest BCUT2D eigenvalue weighted by atomic mass is 9.44. The fourth-order valence-corrected chi connectivity index (χ4v) is 7.80. The molecule has 26 heavy (non-hydrogen) atoms. The normalized spacial score (nSPS) is 52.3. The van der Waals surface area contributed by atoms with Gasteiger partial charge in [0.2, 0.25) is 0 Å². The number of methoxy groups -OCH3 is 2. The van der Waals surface area contributed by atoms with E-state index in [1.807, 2.05) is 14.2 Å². The summed E-state index contributed by atoms with van der Waals surface area (Å²) in [6.45, 7) is 5.01. The van der Waals surface area contributed by atoms with E-state index >= 15 is 0 Å². The maximum Gasteiger partial charge on any atom is 0.106 e. The topological polar surface area (TPSA) is 40.0 Å². The molecular weight excluding hydrogens is 326 g/mol. The highest BCUT2D eigenvalue weighted by atomic mass is 16.6. The summed E-state index contributed by atoms with van der Waals surface area (Å²) in [5.41, 5.74) is 1.84. The second kappa shape index (κ2) is 6.77. The molecule has 8 atom stereocenters. The first-order valence-electron chi connectivity index (χ1n) is 10.6. The number of oxime groups is 1. The minimum absolute atomic E-state index is 0.158. The van der Waals surface area contributed by atoms with E-state index in [2.05, 4.69) is 19.0 Å². The molecule has 0 N–H and O–H groups in total. The molecule has 0 aliphatic heterocycles. The van der Waals surface area contributed by atoms with Crippen LogP contribution in [0.2, 0.25) is 0 Å². The molecular formula is C22H37NO3. The van der Waals surface area contributed by atoms with Crippen LogP contribution in [0.3, 0.4) is 0 Å². The zero-order chi connectivity index (χ0) is 18.5. The smallest absolute Gasteiger partial charge is 0.106 e. The molecule has 4 aliphatic rings. The van der Waals surface area contributed by atoms with Crippen molar-refractivity contribution in [2.45, 2.75) is 77.4 Å². The maximum atomic E-state index is 6.20. The predicted molar refractivity (Wildman–Crippen MR) is 103 cm³/mol. The zero-order valence-corrected chi connectivity index (χ0v) is 17.3. The van der Waals surface area contributed by atoms with Crippen molar-refractivity contribution >= 4 is 5.71 Å². The van der Waals surface area contributed by atoms with Crippen molar-refractivity contribution in [2.75, 3.05) is 21.3 Å². The second-order valence-corrected chi connectivity index (χ2v) is 9.86. The van der Waals surface area contributed by atoms with E-state index in [-0.39, 0.29) is 5.41 Å². The van der Waals surface area contributed by atoms with E-state index in [1.54, 1.807) is 7.11 Å². The molecule has 4 aliphatic carbocycles. The Morgan fingerprint density at radius 1 is 1.00 bits per heavy atom. The van der Waals surface area contributed by atoms with Crippen molar-refractivity contribution in [1.29, 1.82) is 0 Å². The molecule has 0 aromatic heterocycles.